The number of carbonyl (C=O) groups is 1. The minimum absolute atomic E-state index is 0.254. The summed E-state index contributed by atoms with van der Waals surface area (Å²) in [6, 6.07) is 13.5. The zero-order valence-electron chi connectivity index (χ0n) is 15.8. The third kappa shape index (κ3) is 3.24. The molecule has 146 valence electrons. The number of halogens is 1. The lowest BCUT2D eigenvalue weighted by molar-refractivity contribution is -0.644. The summed E-state index contributed by atoms with van der Waals surface area (Å²) in [5.41, 5.74) is 2.86. The molecule has 0 fully saturated rings. The summed E-state index contributed by atoms with van der Waals surface area (Å²) in [6.45, 7) is 2.44. The van der Waals surface area contributed by atoms with Gasteiger partial charge < -0.3 is 9.67 Å². The SMILES string of the molecule is CCn1cc(C(=O)O)c(=O)c2cc(Cl)c(-c3scc(-c4ccccc4)[n+]3C)cc21. The Kier molecular flexibility index (Phi) is 4.98. The van der Waals surface area contributed by atoms with Gasteiger partial charge in [0.1, 0.15) is 12.6 Å². The second-order valence-corrected chi connectivity index (χ2v) is 7.93. The number of benzene rings is 2. The number of aryl methyl sites for hydroxylation is 1. The molecule has 0 atom stereocenters. The number of hydrogen-bond acceptors (Lipinski definition) is 3. The molecule has 2 heterocycles. The molecule has 0 spiro atoms. The number of fused-ring (bicyclic) bond motifs is 1. The lowest BCUT2D eigenvalue weighted by atomic mass is 10.1. The molecule has 2 aromatic heterocycles. The molecule has 0 unspecified atom stereocenters. The first-order chi connectivity index (χ1) is 13.9. The molecule has 4 rings (SSSR count). The van der Waals surface area contributed by atoms with Gasteiger partial charge in [0.05, 0.1) is 21.5 Å². The van der Waals surface area contributed by atoms with Gasteiger partial charge in [-0.2, -0.15) is 4.57 Å². The van der Waals surface area contributed by atoms with Gasteiger partial charge in [0.25, 0.3) is 5.01 Å². The van der Waals surface area contributed by atoms with Crippen molar-refractivity contribution < 1.29 is 14.5 Å². The molecule has 0 bridgehead atoms. The Morgan fingerprint density at radius 3 is 2.62 bits per heavy atom. The Balaban J connectivity index is 1.96. The molecule has 4 aromatic rings. The number of nitrogens with zero attached hydrogens (tertiary/aromatic N) is 2. The molecule has 29 heavy (non-hydrogen) atoms. The van der Waals surface area contributed by atoms with Crippen molar-refractivity contribution in [2.24, 2.45) is 7.05 Å². The highest BCUT2D eigenvalue weighted by Gasteiger charge is 2.24. The van der Waals surface area contributed by atoms with Crippen LogP contribution in [0.25, 0.3) is 32.7 Å². The molecule has 0 saturated carbocycles. The number of rotatable bonds is 4. The van der Waals surface area contributed by atoms with Gasteiger partial charge in [0, 0.05) is 23.7 Å². The van der Waals surface area contributed by atoms with Gasteiger partial charge in [-0.25, -0.2) is 4.79 Å². The Hall–Kier alpha value is -2.96. The predicted octanol–water partition coefficient (Wildman–Crippen LogP) is 4.59. The first kappa shape index (κ1) is 19.4. The summed E-state index contributed by atoms with van der Waals surface area (Å²) in [5, 5.41) is 13.1. The number of thiazole rings is 1. The number of hydrogen-bond donors (Lipinski definition) is 1. The van der Waals surface area contributed by atoms with E-state index in [9.17, 15) is 14.7 Å². The van der Waals surface area contributed by atoms with Crippen LogP contribution in [-0.2, 0) is 13.6 Å². The van der Waals surface area contributed by atoms with Gasteiger partial charge in [-0.1, -0.05) is 41.1 Å². The van der Waals surface area contributed by atoms with Gasteiger partial charge in [-0.15, -0.1) is 0 Å². The molecule has 5 nitrogen and oxygen atoms in total. The maximum Gasteiger partial charge on any atom is 0.341 e. The Bertz CT molecular complexity index is 1310. The molecule has 7 heteroatoms. The fourth-order valence-corrected chi connectivity index (χ4v) is 4.86. The number of pyridine rings is 1. The van der Waals surface area contributed by atoms with Crippen LogP contribution in [0.3, 0.4) is 0 Å². The van der Waals surface area contributed by atoms with Crippen LogP contribution in [0.1, 0.15) is 17.3 Å². The Morgan fingerprint density at radius 1 is 1.24 bits per heavy atom. The van der Waals surface area contributed by atoms with E-state index < -0.39 is 11.4 Å². The summed E-state index contributed by atoms with van der Waals surface area (Å²) in [5.74, 6) is -1.24. The van der Waals surface area contributed by atoms with Crippen molar-refractivity contribution in [3.05, 3.63) is 74.9 Å². The number of aromatic carboxylic acids is 1. The van der Waals surface area contributed by atoms with E-state index in [1.807, 2.05) is 38.2 Å². The third-order valence-corrected chi connectivity index (χ3v) is 6.36. The van der Waals surface area contributed by atoms with E-state index in [1.165, 1.54) is 6.20 Å². The Labute approximate surface area is 176 Å². The van der Waals surface area contributed by atoms with Crippen molar-refractivity contribution in [3.8, 4) is 21.8 Å². The average molecular weight is 426 g/mol. The van der Waals surface area contributed by atoms with E-state index in [4.69, 9.17) is 11.6 Å². The largest absolute Gasteiger partial charge is 0.477 e. The minimum atomic E-state index is -1.24. The van der Waals surface area contributed by atoms with Crippen LogP contribution >= 0.6 is 22.9 Å². The molecule has 1 N–H and O–H groups in total. The normalized spacial score (nSPS) is 11.1. The molecular formula is C22H18ClN2O3S+. The third-order valence-electron chi connectivity index (χ3n) is 4.99. The van der Waals surface area contributed by atoms with Crippen molar-refractivity contribution in [3.63, 3.8) is 0 Å². The van der Waals surface area contributed by atoms with E-state index in [-0.39, 0.29) is 5.56 Å². The molecule has 0 aliphatic rings. The Morgan fingerprint density at radius 2 is 1.97 bits per heavy atom. The zero-order chi connectivity index (χ0) is 20.7. The fraction of sp³-hybridized carbons (Fsp3) is 0.136. The van der Waals surface area contributed by atoms with Crippen LogP contribution in [0.2, 0.25) is 5.02 Å². The van der Waals surface area contributed by atoms with Crippen LogP contribution in [0.5, 0.6) is 0 Å². The molecule has 0 aliphatic heterocycles. The monoisotopic (exact) mass is 425 g/mol. The van der Waals surface area contributed by atoms with Gasteiger partial charge >= 0.3 is 5.97 Å². The number of carboxylic acid groups (broad SMARTS) is 1. The summed E-state index contributed by atoms with van der Waals surface area (Å²) in [6.07, 6.45) is 1.40. The van der Waals surface area contributed by atoms with Crippen molar-refractivity contribution in [1.82, 2.24) is 4.57 Å². The van der Waals surface area contributed by atoms with Gasteiger partial charge in [-0.3, -0.25) is 4.79 Å². The summed E-state index contributed by atoms with van der Waals surface area (Å²) < 4.78 is 3.85. The van der Waals surface area contributed by atoms with Gasteiger partial charge in [-0.05, 0) is 31.2 Å². The van der Waals surface area contributed by atoms with Crippen LogP contribution in [-0.4, -0.2) is 15.6 Å². The standard InChI is InChI=1S/C22H17ClN2O3S/c1-3-25-11-16(22(27)28)20(26)15-9-17(23)14(10-18(15)25)21-24(2)19(12-29-21)13-7-5-4-6-8-13/h4-12H,3H2,1-2H3/p+1. The van der Waals surface area contributed by atoms with Crippen molar-refractivity contribution in [1.29, 1.82) is 0 Å². The highest BCUT2D eigenvalue weighted by Crippen LogP contribution is 2.34. The quantitative estimate of drug-likeness (QED) is 0.486. The highest BCUT2D eigenvalue weighted by molar-refractivity contribution is 7.13. The van der Waals surface area contributed by atoms with Crippen molar-refractivity contribution >= 4 is 39.8 Å². The van der Waals surface area contributed by atoms with E-state index in [0.717, 1.165) is 21.8 Å². The van der Waals surface area contributed by atoms with Crippen LogP contribution < -0.4 is 10.00 Å². The van der Waals surface area contributed by atoms with E-state index in [1.54, 1.807) is 22.0 Å². The van der Waals surface area contributed by atoms with Crippen LogP contribution in [0.4, 0.5) is 0 Å². The first-order valence-electron chi connectivity index (χ1n) is 9.05. The van der Waals surface area contributed by atoms with Crippen molar-refractivity contribution in [2.75, 3.05) is 0 Å². The lowest BCUT2D eigenvalue weighted by Crippen LogP contribution is -2.30. The minimum Gasteiger partial charge on any atom is -0.477 e. The number of carboxylic acids is 1. The molecule has 0 amide bonds. The first-order valence-corrected chi connectivity index (χ1v) is 10.3. The predicted molar refractivity (Wildman–Crippen MR) is 116 cm³/mol. The van der Waals surface area contributed by atoms with E-state index in [0.29, 0.717) is 22.5 Å². The molecular weight excluding hydrogens is 408 g/mol. The van der Waals surface area contributed by atoms with Gasteiger partial charge in [0.15, 0.2) is 0 Å². The summed E-state index contributed by atoms with van der Waals surface area (Å²) in [7, 11) is 1.98. The van der Waals surface area contributed by atoms with Crippen LogP contribution in [0, 0.1) is 0 Å². The molecule has 0 radical (unpaired) electrons. The second-order valence-electron chi connectivity index (χ2n) is 6.66. The maximum absolute atomic E-state index is 12.6. The average Bonchev–Trinajstić information content (AvgIpc) is 3.10. The topological polar surface area (TPSA) is 63.2 Å². The lowest BCUT2D eigenvalue weighted by Gasteiger charge is -2.11. The zero-order valence-corrected chi connectivity index (χ0v) is 17.4. The fourth-order valence-electron chi connectivity index (χ4n) is 3.48. The maximum atomic E-state index is 12.6. The number of aromatic nitrogens is 2. The van der Waals surface area contributed by atoms with E-state index in [2.05, 4.69) is 22.1 Å². The smallest absolute Gasteiger partial charge is 0.341 e. The second kappa shape index (κ2) is 7.46. The molecule has 0 aliphatic carbocycles. The summed E-state index contributed by atoms with van der Waals surface area (Å²) >= 11 is 8.13. The molecule has 2 aromatic carbocycles. The van der Waals surface area contributed by atoms with E-state index >= 15 is 0 Å². The van der Waals surface area contributed by atoms with Gasteiger partial charge in [0.2, 0.25) is 11.1 Å². The van der Waals surface area contributed by atoms with Crippen LogP contribution in [0.15, 0.2) is 58.8 Å². The summed E-state index contributed by atoms with van der Waals surface area (Å²) in [4.78, 5) is 24.1. The molecule has 0 saturated heterocycles. The highest BCUT2D eigenvalue weighted by atomic mass is 35.5. The van der Waals surface area contributed by atoms with Crippen molar-refractivity contribution in [2.45, 2.75) is 13.5 Å².